The van der Waals surface area contributed by atoms with Crippen LogP contribution in [0.1, 0.15) is 5.82 Å². The molecule has 3 rings (SSSR count). The molecule has 4 nitrogen and oxygen atoms in total. The van der Waals surface area contributed by atoms with E-state index < -0.39 is 0 Å². The van der Waals surface area contributed by atoms with Gasteiger partial charge in [-0.15, -0.1) is 0 Å². The molecule has 4 heteroatoms. The SMILES string of the molecule is Cn1ccnc1CC1COc2ccccc2O1. The monoisotopic (exact) mass is 230 g/mol. The minimum Gasteiger partial charge on any atom is -0.486 e. The van der Waals surface area contributed by atoms with E-state index in [1.165, 1.54) is 0 Å². The maximum Gasteiger partial charge on any atom is 0.161 e. The van der Waals surface area contributed by atoms with Gasteiger partial charge >= 0.3 is 0 Å². The van der Waals surface area contributed by atoms with Crippen LogP contribution in [-0.2, 0) is 13.5 Å². The van der Waals surface area contributed by atoms with Gasteiger partial charge in [0.15, 0.2) is 11.5 Å². The Morgan fingerprint density at radius 3 is 2.94 bits per heavy atom. The summed E-state index contributed by atoms with van der Waals surface area (Å²) in [6.07, 6.45) is 4.53. The standard InChI is InChI=1S/C13H14N2O2/c1-15-7-6-14-13(15)8-10-9-16-11-4-2-3-5-12(11)17-10/h2-7,10H,8-9H2,1H3. The molecule has 1 aromatic heterocycles. The number of ether oxygens (including phenoxy) is 2. The molecule has 0 saturated heterocycles. The van der Waals surface area contributed by atoms with Crippen LogP contribution in [0.25, 0.3) is 0 Å². The Kier molecular flexibility index (Phi) is 2.48. The molecule has 88 valence electrons. The van der Waals surface area contributed by atoms with Gasteiger partial charge in [-0.2, -0.15) is 0 Å². The lowest BCUT2D eigenvalue weighted by molar-refractivity contribution is 0.0894. The summed E-state index contributed by atoms with van der Waals surface area (Å²) in [4.78, 5) is 4.29. The van der Waals surface area contributed by atoms with E-state index in [2.05, 4.69) is 4.98 Å². The first-order valence-electron chi connectivity index (χ1n) is 5.67. The summed E-state index contributed by atoms with van der Waals surface area (Å²) < 4.78 is 13.5. The molecule has 0 radical (unpaired) electrons. The number of para-hydroxylation sites is 2. The summed E-state index contributed by atoms with van der Waals surface area (Å²) in [5.41, 5.74) is 0. The maximum absolute atomic E-state index is 5.88. The second-order valence-corrected chi connectivity index (χ2v) is 4.16. The van der Waals surface area contributed by atoms with Crippen molar-refractivity contribution in [3.8, 4) is 11.5 Å². The summed E-state index contributed by atoms with van der Waals surface area (Å²) in [6, 6.07) is 7.75. The molecule has 0 bridgehead atoms. The molecule has 0 fully saturated rings. The maximum atomic E-state index is 5.88. The van der Waals surface area contributed by atoms with Gasteiger partial charge in [0.1, 0.15) is 18.5 Å². The normalized spacial score (nSPS) is 18.1. The molecule has 1 aliphatic rings. The molecule has 0 amide bonds. The van der Waals surface area contributed by atoms with E-state index in [1.54, 1.807) is 6.20 Å². The van der Waals surface area contributed by atoms with E-state index in [0.717, 1.165) is 23.7 Å². The Morgan fingerprint density at radius 1 is 1.35 bits per heavy atom. The van der Waals surface area contributed by atoms with E-state index in [1.807, 2.05) is 42.1 Å². The van der Waals surface area contributed by atoms with Crippen LogP contribution < -0.4 is 9.47 Å². The van der Waals surface area contributed by atoms with E-state index in [0.29, 0.717) is 6.61 Å². The predicted octanol–water partition coefficient (Wildman–Crippen LogP) is 1.80. The van der Waals surface area contributed by atoms with E-state index in [4.69, 9.17) is 9.47 Å². The smallest absolute Gasteiger partial charge is 0.161 e. The fourth-order valence-corrected chi connectivity index (χ4v) is 1.96. The molecule has 0 saturated carbocycles. The second kappa shape index (κ2) is 4.13. The molecule has 0 spiro atoms. The lowest BCUT2D eigenvalue weighted by Gasteiger charge is -2.26. The lowest BCUT2D eigenvalue weighted by Crippen LogP contribution is -2.31. The van der Waals surface area contributed by atoms with Gasteiger partial charge in [-0.1, -0.05) is 12.1 Å². The number of nitrogens with zero attached hydrogens (tertiary/aromatic N) is 2. The fourth-order valence-electron chi connectivity index (χ4n) is 1.96. The van der Waals surface area contributed by atoms with Crippen LogP contribution in [0.5, 0.6) is 11.5 Å². The third-order valence-electron chi connectivity index (χ3n) is 2.90. The number of benzene rings is 1. The van der Waals surface area contributed by atoms with Crippen molar-refractivity contribution >= 4 is 0 Å². The minimum absolute atomic E-state index is 0.0333. The Balaban J connectivity index is 1.74. The zero-order valence-electron chi connectivity index (χ0n) is 9.67. The van der Waals surface area contributed by atoms with Crippen molar-refractivity contribution in [2.45, 2.75) is 12.5 Å². The second-order valence-electron chi connectivity index (χ2n) is 4.16. The highest BCUT2D eigenvalue weighted by Crippen LogP contribution is 2.31. The summed E-state index contributed by atoms with van der Waals surface area (Å²) in [6.45, 7) is 0.573. The van der Waals surface area contributed by atoms with Gasteiger partial charge in [0.2, 0.25) is 0 Å². The van der Waals surface area contributed by atoms with Gasteiger partial charge in [0.05, 0.1) is 0 Å². The van der Waals surface area contributed by atoms with Crippen LogP contribution in [0.2, 0.25) is 0 Å². The third kappa shape index (κ3) is 1.98. The Morgan fingerprint density at radius 2 is 2.18 bits per heavy atom. The first kappa shape index (κ1) is 10.2. The van der Waals surface area contributed by atoms with E-state index in [-0.39, 0.29) is 6.10 Å². The number of hydrogen-bond acceptors (Lipinski definition) is 3. The molecule has 17 heavy (non-hydrogen) atoms. The van der Waals surface area contributed by atoms with Crippen molar-refractivity contribution in [2.75, 3.05) is 6.61 Å². The number of fused-ring (bicyclic) bond motifs is 1. The average Bonchev–Trinajstić information content (AvgIpc) is 2.75. The molecular formula is C13H14N2O2. The van der Waals surface area contributed by atoms with Gasteiger partial charge in [-0.05, 0) is 12.1 Å². The summed E-state index contributed by atoms with van der Waals surface area (Å²) >= 11 is 0. The molecule has 2 heterocycles. The van der Waals surface area contributed by atoms with Crippen molar-refractivity contribution in [1.29, 1.82) is 0 Å². The van der Waals surface area contributed by atoms with Crippen molar-refractivity contribution in [3.05, 3.63) is 42.5 Å². The molecule has 0 N–H and O–H groups in total. The molecule has 0 aliphatic carbocycles. The van der Waals surface area contributed by atoms with Gasteiger partial charge < -0.3 is 14.0 Å². The molecule has 1 aromatic carbocycles. The van der Waals surface area contributed by atoms with Crippen LogP contribution >= 0.6 is 0 Å². The number of hydrogen-bond donors (Lipinski definition) is 0. The Labute approximate surface area is 99.8 Å². The first-order chi connectivity index (χ1) is 8.33. The van der Waals surface area contributed by atoms with Crippen molar-refractivity contribution in [3.63, 3.8) is 0 Å². The molecule has 2 aromatic rings. The number of aryl methyl sites for hydroxylation is 1. The zero-order valence-corrected chi connectivity index (χ0v) is 9.67. The van der Waals surface area contributed by atoms with Crippen LogP contribution in [-0.4, -0.2) is 22.3 Å². The summed E-state index contributed by atoms with van der Waals surface area (Å²) in [5, 5.41) is 0. The third-order valence-corrected chi connectivity index (χ3v) is 2.90. The topological polar surface area (TPSA) is 36.3 Å². The number of rotatable bonds is 2. The van der Waals surface area contributed by atoms with E-state index in [9.17, 15) is 0 Å². The molecule has 1 aliphatic heterocycles. The Hall–Kier alpha value is -1.97. The van der Waals surface area contributed by atoms with Crippen LogP contribution in [0.15, 0.2) is 36.7 Å². The zero-order chi connectivity index (χ0) is 11.7. The minimum atomic E-state index is 0.0333. The predicted molar refractivity (Wildman–Crippen MR) is 63.3 cm³/mol. The number of imidazole rings is 1. The van der Waals surface area contributed by atoms with Crippen molar-refractivity contribution < 1.29 is 9.47 Å². The fraction of sp³-hybridized carbons (Fsp3) is 0.308. The Bertz CT molecular complexity index is 522. The first-order valence-corrected chi connectivity index (χ1v) is 5.67. The summed E-state index contributed by atoms with van der Waals surface area (Å²) in [5.74, 6) is 2.65. The highest BCUT2D eigenvalue weighted by Gasteiger charge is 2.21. The highest BCUT2D eigenvalue weighted by molar-refractivity contribution is 5.40. The van der Waals surface area contributed by atoms with Gasteiger partial charge in [0, 0.05) is 25.9 Å². The van der Waals surface area contributed by atoms with E-state index >= 15 is 0 Å². The number of aromatic nitrogens is 2. The van der Waals surface area contributed by atoms with Gasteiger partial charge in [0.25, 0.3) is 0 Å². The summed E-state index contributed by atoms with van der Waals surface area (Å²) in [7, 11) is 1.99. The quantitative estimate of drug-likeness (QED) is 0.789. The largest absolute Gasteiger partial charge is 0.486 e. The molecule has 1 unspecified atom stereocenters. The lowest BCUT2D eigenvalue weighted by atomic mass is 10.2. The van der Waals surface area contributed by atoms with Crippen LogP contribution in [0.3, 0.4) is 0 Å². The van der Waals surface area contributed by atoms with Crippen LogP contribution in [0.4, 0.5) is 0 Å². The average molecular weight is 230 g/mol. The van der Waals surface area contributed by atoms with Crippen LogP contribution in [0, 0.1) is 0 Å². The van der Waals surface area contributed by atoms with Crippen molar-refractivity contribution in [1.82, 2.24) is 9.55 Å². The molecule has 1 atom stereocenters. The molecular weight excluding hydrogens is 216 g/mol. The van der Waals surface area contributed by atoms with Gasteiger partial charge in [-0.25, -0.2) is 4.98 Å². The van der Waals surface area contributed by atoms with Gasteiger partial charge in [-0.3, -0.25) is 0 Å². The van der Waals surface area contributed by atoms with Crippen molar-refractivity contribution in [2.24, 2.45) is 7.05 Å². The highest BCUT2D eigenvalue weighted by atomic mass is 16.6.